The molecule has 5 nitrogen and oxygen atoms in total. The Balaban J connectivity index is 2.00. The van der Waals surface area contributed by atoms with Gasteiger partial charge in [0.25, 0.3) is 0 Å². The minimum Gasteiger partial charge on any atom is -0.465 e. The molecule has 0 unspecified atom stereocenters. The van der Waals surface area contributed by atoms with Gasteiger partial charge in [0.05, 0.1) is 13.2 Å². The molecule has 0 saturated heterocycles. The van der Waals surface area contributed by atoms with Crippen molar-refractivity contribution in [3.8, 4) is 0 Å². The topological polar surface area (TPSA) is 61.8 Å². The van der Waals surface area contributed by atoms with Gasteiger partial charge in [0.15, 0.2) is 0 Å². The zero-order chi connectivity index (χ0) is 13.8. The summed E-state index contributed by atoms with van der Waals surface area (Å²) in [4.78, 5) is 24.1. The van der Waals surface area contributed by atoms with E-state index in [1.54, 1.807) is 19.2 Å². The van der Waals surface area contributed by atoms with E-state index in [0.29, 0.717) is 9.75 Å². The van der Waals surface area contributed by atoms with E-state index in [-0.39, 0.29) is 12.2 Å². The van der Waals surface area contributed by atoms with Crippen LogP contribution in [0.5, 0.6) is 0 Å². The Morgan fingerprint density at radius 3 is 2.37 bits per heavy atom. The summed E-state index contributed by atoms with van der Waals surface area (Å²) in [5.74, 6) is -0.853. The van der Waals surface area contributed by atoms with Crippen molar-refractivity contribution in [2.24, 2.45) is 0 Å². The van der Waals surface area contributed by atoms with Gasteiger partial charge in [0, 0.05) is 7.11 Å². The number of hydrogen-bond donors (Lipinski definition) is 0. The molecule has 1 aliphatic carbocycles. The van der Waals surface area contributed by atoms with Crippen molar-refractivity contribution in [1.82, 2.24) is 0 Å². The predicted molar refractivity (Wildman–Crippen MR) is 69.5 cm³/mol. The lowest BCUT2D eigenvalue weighted by Gasteiger charge is -2.18. The molecule has 1 aromatic rings. The fourth-order valence-electron chi connectivity index (χ4n) is 2.15. The van der Waals surface area contributed by atoms with Gasteiger partial charge in [-0.25, -0.2) is 9.59 Å². The molecule has 0 N–H and O–H groups in total. The van der Waals surface area contributed by atoms with E-state index in [4.69, 9.17) is 9.47 Å². The van der Waals surface area contributed by atoms with Crippen LogP contribution in [0.25, 0.3) is 0 Å². The second-order valence-corrected chi connectivity index (χ2v) is 5.39. The maximum atomic E-state index is 12.0. The Morgan fingerprint density at radius 1 is 1.11 bits per heavy atom. The molecule has 104 valence electrons. The van der Waals surface area contributed by atoms with Crippen molar-refractivity contribution in [2.45, 2.75) is 31.5 Å². The van der Waals surface area contributed by atoms with Crippen LogP contribution in [0.1, 0.15) is 38.6 Å². The molecule has 0 radical (unpaired) electrons. The van der Waals surface area contributed by atoms with Crippen LogP contribution in [0, 0.1) is 0 Å². The van der Waals surface area contributed by atoms with Crippen LogP contribution in [0.15, 0.2) is 12.1 Å². The lowest BCUT2D eigenvalue weighted by atomic mass is 10.2. The van der Waals surface area contributed by atoms with Crippen molar-refractivity contribution < 1.29 is 23.8 Å². The normalized spacial score (nSPS) is 22.2. The quantitative estimate of drug-likeness (QED) is 0.794. The second-order valence-electron chi connectivity index (χ2n) is 4.30. The Labute approximate surface area is 115 Å². The molecule has 1 heterocycles. The smallest absolute Gasteiger partial charge is 0.348 e. The van der Waals surface area contributed by atoms with Gasteiger partial charge in [0.2, 0.25) is 0 Å². The molecular weight excluding hydrogens is 268 g/mol. The minimum atomic E-state index is -0.445. The first kappa shape index (κ1) is 14.0. The van der Waals surface area contributed by atoms with Gasteiger partial charge >= 0.3 is 11.9 Å². The van der Waals surface area contributed by atoms with E-state index in [2.05, 4.69) is 4.74 Å². The summed E-state index contributed by atoms with van der Waals surface area (Å²) in [6.45, 7) is 0. The summed E-state index contributed by atoms with van der Waals surface area (Å²) in [7, 11) is 2.93. The summed E-state index contributed by atoms with van der Waals surface area (Å²) in [5, 5.41) is 0. The lowest BCUT2D eigenvalue weighted by molar-refractivity contribution is -0.0203. The van der Waals surface area contributed by atoms with Crippen LogP contribution in [0.3, 0.4) is 0 Å². The van der Waals surface area contributed by atoms with Gasteiger partial charge in [0.1, 0.15) is 15.9 Å². The van der Waals surface area contributed by atoms with Crippen LogP contribution in [0.4, 0.5) is 0 Å². The van der Waals surface area contributed by atoms with E-state index < -0.39 is 11.9 Å². The molecule has 1 aromatic heterocycles. The maximum Gasteiger partial charge on any atom is 0.348 e. The third-order valence-electron chi connectivity index (χ3n) is 3.15. The number of ether oxygens (including phenoxy) is 3. The molecule has 0 aliphatic heterocycles. The van der Waals surface area contributed by atoms with Gasteiger partial charge in [-0.15, -0.1) is 11.3 Å². The number of carbonyl (C=O) groups is 2. The highest BCUT2D eigenvalue weighted by Crippen LogP contribution is 2.26. The first-order valence-corrected chi connectivity index (χ1v) is 6.89. The molecule has 2 atom stereocenters. The van der Waals surface area contributed by atoms with E-state index >= 15 is 0 Å². The van der Waals surface area contributed by atoms with E-state index in [1.807, 2.05) is 0 Å². The summed E-state index contributed by atoms with van der Waals surface area (Å²) < 4.78 is 15.3. The van der Waals surface area contributed by atoms with Crippen LogP contribution in [-0.4, -0.2) is 38.4 Å². The third-order valence-corrected chi connectivity index (χ3v) is 4.19. The molecule has 0 amide bonds. The van der Waals surface area contributed by atoms with Gasteiger partial charge in [-0.05, 0) is 31.4 Å². The van der Waals surface area contributed by atoms with Crippen molar-refractivity contribution in [3.63, 3.8) is 0 Å². The monoisotopic (exact) mass is 284 g/mol. The van der Waals surface area contributed by atoms with Crippen molar-refractivity contribution >= 4 is 23.3 Å². The molecule has 19 heavy (non-hydrogen) atoms. The Hall–Kier alpha value is -1.40. The highest BCUT2D eigenvalue weighted by atomic mass is 32.1. The van der Waals surface area contributed by atoms with Crippen LogP contribution in [-0.2, 0) is 14.2 Å². The maximum absolute atomic E-state index is 12.0. The van der Waals surface area contributed by atoms with Gasteiger partial charge in [-0.2, -0.15) is 0 Å². The highest BCUT2D eigenvalue weighted by molar-refractivity contribution is 7.15. The van der Waals surface area contributed by atoms with Crippen LogP contribution < -0.4 is 0 Å². The molecule has 2 rings (SSSR count). The highest BCUT2D eigenvalue weighted by Gasteiger charge is 2.31. The molecule has 0 aromatic carbocycles. The van der Waals surface area contributed by atoms with Crippen molar-refractivity contribution in [1.29, 1.82) is 0 Å². The number of methoxy groups -OCH3 is 2. The standard InChI is InChI=1S/C13H16O5S/c1-16-8-4-3-5-9(8)18-13(15)11-7-6-10(19-11)12(14)17-2/h6-9H,3-5H2,1-2H3/t8-,9-/m1/s1. The number of thiophene rings is 1. The average molecular weight is 284 g/mol. The fraction of sp³-hybridized carbons (Fsp3) is 0.538. The van der Waals surface area contributed by atoms with E-state index in [1.165, 1.54) is 7.11 Å². The zero-order valence-electron chi connectivity index (χ0n) is 10.9. The van der Waals surface area contributed by atoms with Gasteiger partial charge in [-0.1, -0.05) is 0 Å². The molecule has 1 fully saturated rings. The SMILES string of the molecule is COC(=O)c1ccc(C(=O)O[C@@H]2CCC[C@H]2OC)s1. The summed E-state index contributed by atoms with van der Waals surface area (Å²) in [6, 6.07) is 3.14. The van der Waals surface area contributed by atoms with Gasteiger partial charge in [-0.3, -0.25) is 0 Å². The van der Waals surface area contributed by atoms with Crippen molar-refractivity contribution in [3.05, 3.63) is 21.9 Å². The molecular formula is C13H16O5S. The largest absolute Gasteiger partial charge is 0.465 e. The first-order chi connectivity index (χ1) is 9.15. The summed E-state index contributed by atoms with van der Waals surface area (Å²) >= 11 is 1.08. The number of carbonyl (C=O) groups excluding carboxylic acids is 2. The average Bonchev–Trinajstić information content (AvgIpc) is 3.06. The number of hydrogen-bond acceptors (Lipinski definition) is 6. The van der Waals surface area contributed by atoms with Gasteiger partial charge < -0.3 is 14.2 Å². The zero-order valence-corrected chi connectivity index (χ0v) is 11.7. The molecule has 0 spiro atoms. The Bertz CT molecular complexity index is 467. The molecule has 0 bridgehead atoms. The van der Waals surface area contributed by atoms with E-state index in [9.17, 15) is 9.59 Å². The molecule has 1 aliphatic rings. The van der Waals surface area contributed by atoms with Crippen molar-refractivity contribution in [2.75, 3.05) is 14.2 Å². The van der Waals surface area contributed by atoms with Crippen LogP contribution >= 0.6 is 11.3 Å². The predicted octanol–water partition coefficient (Wildman–Crippen LogP) is 2.26. The third kappa shape index (κ3) is 3.13. The van der Waals surface area contributed by atoms with E-state index in [0.717, 1.165) is 30.6 Å². The fourth-order valence-corrected chi connectivity index (χ4v) is 2.96. The summed E-state index contributed by atoms with van der Waals surface area (Å²) in [6.07, 6.45) is 2.50. The minimum absolute atomic E-state index is 0.0241. The Kier molecular flexibility index (Phi) is 4.55. The molecule has 1 saturated carbocycles. The number of rotatable bonds is 4. The number of esters is 2. The molecule has 6 heteroatoms. The lowest BCUT2D eigenvalue weighted by Crippen LogP contribution is -2.27. The summed E-state index contributed by atoms with van der Waals surface area (Å²) in [5.41, 5.74) is 0. The van der Waals surface area contributed by atoms with Crippen LogP contribution in [0.2, 0.25) is 0 Å². The Morgan fingerprint density at radius 2 is 1.74 bits per heavy atom. The first-order valence-electron chi connectivity index (χ1n) is 6.07. The second kappa shape index (κ2) is 6.16.